The van der Waals surface area contributed by atoms with E-state index in [1.165, 1.54) is 19.3 Å². The van der Waals surface area contributed by atoms with Crippen molar-refractivity contribution in [1.82, 2.24) is 40.3 Å². The summed E-state index contributed by atoms with van der Waals surface area (Å²) in [5, 5.41) is 35.7. The number of halogens is 2. The highest BCUT2D eigenvalue weighted by Crippen LogP contribution is 2.37. The van der Waals surface area contributed by atoms with Crippen LogP contribution in [0.15, 0.2) is 30.5 Å². The highest BCUT2D eigenvalue weighted by molar-refractivity contribution is 5.85. The molecular weight excluding hydrogens is 459 g/mol. The molecule has 180 valence electrons. The number of hydrogen-bond donors (Lipinski definition) is 2. The number of nitrogens with zero attached hydrogens (tertiary/aromatic N) is 7. The van der Waals surface area contributed by atoms with Gasteiger partial charge in [-0.1, -0.05) is 11.3 Å². The van der Waals surface area contributed by atoms with Gasteiger partial charge in [-0.2, -0.15) is 9.49 Å². The van der Waals surface area contributed by atoms with Crippen LogP contribution in [0.3, 0.4) is 0 Å². The predicted molar refractivity (Wildman–Crippen MR) is 129 cm³/mol. The lowest BCUT2D eigenvalue weighted by molar-refractivity contribution is 0.127. The molecular formula is C23H28ClFN8O. The Morgan fingerprint density at radius 2 is 1.74 bits per heavy atom. The second-order valence-electron chi connectivity index (χ2n) is 10.1. The number of hydrogen-bond acceptors (Lipinski definition) is 7. The number of piperidine rings is 1. The van der Waals surface area contributed by atoms with E-state index in [0.29, 0.717) is 33.5 Å². The molecule has 11 heteroatoms. The molecule has 0 unspecified atom stereocenters. The quantitative estimate of drug-likeness (QED) is 0.450. The van der Waals surface area contributed by atoms with Crippen LogP contribution in [-0.4, -0.2) is 51.2 Å². The van der Waals surface area contributed by atoms with Crippen molar-refractivity contribution in [3.05, 3.63) is 36.4 Å². The van der Waals surface area contributed by atoms with Crippen LogP contribution in [0, 0.1) is 5.95 Å². The molecule has 0 spiro atoms. The minimum Gasteiger partial charge on any atom is -0.507 e. The molecule has 0 bridgehead atoms. The Balaban J connectivity index is 0.00000274. The summed E-state index contributed by atoms with van der Waals surface area (Å²) in [7, 11) is 1.52. The van der Waals surface area contributed by atoms with Gasteiger partial charge in [0.25, 0.3) is 0 Å². The van der Waals surface area contributed by atoms with Gasteiger partial charge in [0.15, 0.2) is 0 Å². The maximum absolute atomic E-state index is 14.2. The lowest BCUT2D eigenvalue weighted by Crippen LogP contribution is -2.58. The summed E-state index contributed by atoms with van der Waals surface area (Å²) < 4.78 is 17.2. The number of benzene rings is 1. The van der Waals surface area contributed by atoms with Crippen molar-refractivity contribution in [3.8, 4) is 28.1 Å². The summed E-state index contributed by atoms with van der Waals surface area (Å²) in [4.78, 5) is 0. The van der Waals surface area contributed by atoms with Gasteiger partial charge >= 0.3 is 0 Å². The van der Waals surface area contributed by atoms with Crippen LogP contribution in [0.25, 0.3) is 33.5 Å². The topological polar surface area (TPSA) is 107 Å². The molecule has 1 aliphatic rings. The molecule has 1 saturated heterocycles. The van der Waals surface area contributed by atoms with Crippen molar-refractivity contribution in [2.75, 3.05) is 0 Å². The van der Waals surface area contributed by atoms with Gasteiger partial charge in [0.05, 0.1) is 23.5 Å². The Hall–Kier alpha value is -3.11. The SMILES string of the molecule is Cl.Cn1ncc(-c2ccc(-c3cc4nnn(C5CC(C)(C)NC(C)(C)C5)c4nn3)c(O)c2)c1F. The lowest BCUT2D eigenvalue weighted by atomic mass is 9.80. The standard InChI is InChI=1S/C23H27FN8O.ClH/c1-22(2)10-14(11-23(3,4)29-22)32-21-18(27-30-32)9-17(26-28-21)15-7-6-13(8-19(15)33)16-12-25-31(5)20(16)24;/h6-9,12,14,29,33H,10-11H2,1-5H3;1H. The third-order valence-corrected chi connectivity index (χ3v) is 6.19. The first-order chi connectivity index (χ1) is 15.5. The molecule has 4 aromatic rings. The number of rotatable bonds is 3. The third-order valence-electron chi connectivity index (χ3n) is 6.19. The largest absolute Gasteiger partial charge is 0.507 e. The predicted octanol–water partition coefficient (Wildman–Crippen LogP) is 4.04. The van der Waals surface area contributed by atoms with Gasteiger partial charge in [-0.15, -0.1) is 27.7 Å². The molecule has 0 atom stereocenters. The average molecular weight is 487 g/mol. The second-order valence-corrected chi connectivity index (χ2v) is 10.1. The van der Waals surface area contributed by atoms with E-state index in [9.17, 15) is 9.50 Å². The van der Waals surface area contributed by atoms with Crippen molar-refractivity contribution < 1.29 is 9.50 Å². The Kier molecular flexibility index (Phi) is 5.85. The highest BCUT2D eigenvalue weighted by atomic mass is 35.5. The van der Waals surface area contributed by atoms with E-state index in [0.717, 1.165) is 17.5 Å². The van der Waals surface area contributed by atoms with Crippen LogP contribution in [-0.2, 0) is 7.05 Å². The first-order valence-electron chi connectivity index (χ1n) is 10.9. The molecule has 9 nitrogen and oxygen atoms in total. The zero-order valence-corrected chi connectivity index (χ0v) is 20.6. The number of aryl methyl sites for hydroxylation is 1. The van der Waals surface area contributed by atoms with Crippen molar-refractivity contribution >= 4 is 23.6 Å². The number of nitrogens with one attached hydrogen (secondary N) is 1. The lowest BCUT2D eigenvalue weighted by Gasteiger charge is -2.46. The van der Waals surface area contributed by atoms with E-state index in [2.05, 4.69) is 58.6 Å². The van der Waals surface area contributed by atoms with E-state index in [1.54, 1.807) is 18.2 Å². The van der Waals surface area contributed by atoms with Crippen LogP contribution < -0.4 is 5.32 Å². The summed E-state index contributed by atoms with van der Waals surface area (Å²) in [6.45, 7) is 8.75. The van der Waals surface area contributed by atoms with E-state index in [4.69, 9.17) is 0 Å². The number of aromatic nitrogens is 7. The highest BCUT2D eigenvalue weighted by Gasteiger charge is 2.39. The molecule has 0 aliphatic carbocycles. The Bertz CT molecular complexity index is 1350. The zero-order chi connectivity index (χ0) is 23.5. The van der Waals surface area contributed by atoms with Crippen LogP contribution in [0.4, 0.5) is 4.39 Å². The number of fused-ring (bicyclic) bond motifs is 1. The smallest absolute Gasteiger partial charge is 0.219 e. The van der Waals surface area contributed by atoms with Gasteiger partial charge in [0.2, 0.25) is 11.6 Å². The molecule has 3 aromatic heterocycles. The van der Waals surface area contributed by atoms with Gasteiger partial charge < -0.3 is 10.4 Å². The summed E-state index contributed by atoms with van der Waals surface area (Å²) in [5.41, 5.74) is 2.93. The summed E-state index contributed by atoms with van der Waals surface area (Å²) in [6.07, 6.45) is 3.22. The Morgan fingerprint density at radius 1 is 1.03 bits per heavy atom. The van der Waals surface area contributed by atoms with E-state index >= 15 is 0 Å². The third kappa shape index (κ3) is 4.23. The van der Waals surface area contributed by atoms with Crippen LogP contribution >= 0.6 is 12.4 Å². The first-order valence-corrected chi connectivity index (χ1v) is 10.9. The fourth-order valence-electron chi connectivity index (χ4n) is 5.10. The molecule has 4 heterocycles. The first kappa shape index (κ1) is 24.0. The molecule has 34 heavy (non-hydrogen) atoms. The Morgan fingerprint density at radius 3 is 2.35 bits per heavy atom. The van der Waals surface area contributed by atoms with E-state index in [1.807, 2.05) is 4.68 Å². The maximum atomic E-state index is 14.2. The fourth-order valence-corrected chi connectivity index (χ4v) is 5.10. The van der Waals surface area contributed by atoms with Crippen molar-refractivity contribution in [2.24, 2.45) is 7.05 Å². The van der Waals surface area contributed by atoms with Crippen molar-refractivity contribution in [3.63, 3.8) is 0 Å². The van der Waals surface area contributed by atoms with Crippen LogP contribution in [0.5, 0.6) is 5.75 Å². The number of phenolic OH excluding ortho intramolecular Hbond substituents is 1. The minimum absolute atomic E-state index is 0. The second kappa shape index (κ2) is 8.28. The van der Waals surface area contributed by atoms with Gasteiger partial charge in [-0.3, -0.25) is 0 Å². The monoisotopic (exact) mass is 486 g/mol. The number of phenols is 1. The molecule has 0 radical (unpaired) electrons. The van der Waals surface area contributed by atoms with Crippen molar-refractivity contribution in [1.29, 1.82) is 0 Å². The molecule has 1 fully saturated rings. The van der Waals surface area contributed by atoms with Gasteiger partial charge in [-0.05, 0) is 64.3 Å². The van der Waals surface area contributed by atoms with Crippen LogP contribution in [0.2, 0.25) is 0 Å². The minimum atomic E-state index is -0.468. The van der Waals surface area contributed by atoms with E-state index in [-0.39, 0.29) is 35.3 Å². The average Bonchev–Trinajstić information content (AvgIpc) is 3.28. The van der Waals surface area contributed by atoms with Crippen molar-refractivity contribution in [2.45, 2.75) is 57.7 Å². The molecule has 0 saturated carbocycles. The zero-order valence-electron chi connectivity index (χ0n) is 19.7. The normalized spacial score (nSPS) is 17.6. The van der Waals surface area contributed by atoms with Gasteiger partial charge in [-0.25, -0.2) is 9.36 Å². The number of aromatic hydroxyl groups is 1. The Labute approximate surface area is 202 Å². The molecule has 0 amide bonds. The maximum Gasteiger partial charge on any atom is 0.219 e. The van der Waals surface area contributed by atoms with Gasteiger partial charge in [0, 0.05) is 23.7 Å². The molecule has 1 aliphatic heterocycles. The summed E-state index contributed by atoms with van der Waals surface area (Å²) in [6, 6.07) is 6.81. The fraction of sp³-hybridized carbons (Fsp3) is 0.435. The summed E-state index contributed by atoms with van der Waals surface area (Å²) >= 11 is 0. The summed E-state index contributed by atoms with van der Waals surface area (Å²) in [5.74, 6) is -0.497. The van der Waals surface area contributed by atoms with Gasteiger partial charge in [0.1, 0.15) is 11.3 Å². The van der Waals surface area contributed by atoms with E-state index < -0.39 is 5.95 Å². The molecule has 5 rings (SSSR count). The molecule has 2 N–H and O–H groups in total. The van der Waals surface area contributed by atoms with Crippen LogP contribution in [0.1, 0.15) is 46.6 Å². The molecule has 1 aromatic carbocycles.